The molecule has 75 heavy (non-hydrogen) atoms. The number of allylic oxidation sites excluding steroid dienone is 2. The zero-order valence-corrected chi connectivity index (χ0v) is 44.3. The van der Waals surface area contributed by atoms with Crippen LogP contribution in [0.2, 0.25) is 0 Å². The van der Waals surface area contributed by atoms with Crippen molar-refractivity contribution in [3.8, 4) is 0 Å². The Morgan fingerprint density at radius 3 is 1.80 bits per heavy atom. The average molecular weight is 1080 g/mol. The summed E-state index contributed by atoms with van der Waals surface area (Å²) in [5.41, 5.74) is -0.696. The molecule has 9 aliphatic rings. The topological polar surface area (TPSA) is 357 Å². The van der Waals surface area contributed by atoms with Gasteiger partial charge in [0.1, 0.15) is 91.6 Å². The summed E-state index contributed by atoms with van der Waals surface area (Å²) in [5, 5.41) is 153. The van der Waals surface area contributed by atoms with Gasteiger partial charge >= 0.3 is 0 Å². The van der Waals surface area contributed by atoms with Crippen LogP contribution in [0.15, 0.2) is 11.6 Å². The molecule has 0 unspecified atom stereocenters. The second-order valence-corrected chi connectivity index (χ2v) is 25.4. The molecule has 5 aliphatic carbocycles. The van der Waals surface area contributed by atoms with Crippen molar-refractivity contribution in [2.75, 3.05) is 26.4 Å². The van der Waals surface area contributed by atoms with Crippen LogP contribution in [0.3, 0.4) is 0 Å². The lowest BCUT2D eigenvalue weighted by molar-refractivity contribution is -0.392. The first-order valence-electron chi connectivity index (χ1n) is 27.4. The summed E-state index contributed by atoms with van der Waals surface area (Å²) >= 11 is 0. The van der Waals surface area contributed by atoms with Crippen LogP contribution >= 0.6 is 0 Å². The quantitative estimate of drug-likeness (QED) is 0.0626. The average Bonchev–Trinajstić information content (AvgIpc) is 4.12. The van der Waals surface area contributed by atoms with Crippen molar-refractivity contribution in [1.29, 1.82) is 0 Å². The van der Waals surface area contributed by atoms with Crippen molar-refractivity contribution in [2.24, 2.45) is 50.7 Å². The molecule has 9 fully saturated rings. The van der Waals surface area contributed by atoms with Crippen molar-refractivity contribution in [2.45, 2.75) is 241 Å². The molecule has 22 heteroatoms. The van der Waals surface area contributed by atoms with E-state index in [4.69, 9.17) is 37.9 Å². The van der Waals surface area contributed by atoms with Crippen molar-refractivity contribution in [3.63, 3.8) is 0 Å². The van der Waals surface area contributed by atoms with Gasteiger partial charge in [0.25, 0.3) is 0 Å². The molecule has 2 spiro atoms. The maximum Gasteiger partial charge on any atom is 0.187 e. The third-order valence-electron chi connectivity index (χ3n) is 21.0. The Bertz CT molecular complexity index is 1990. The third-order valence-corrected chi connectivity index (χ3v) is 21.0. The standard InChI is InChI=1S/C53H88O22/c1-22(2)9-8-10-23(3)33-25(69-45-40(65)34(59)24(57)20-68-45)15-50(6)30-12-11-29-49(4,5)32(13-14-52(29)21-53(30,52)31(58)16-51(33,50)7)73-47-42(67)43(37(62)28(19-56)71-47)74-48-44(39(64)36(61)27(18-55)72-48)75-46-41(66)38(63)35(60)26(17-54)70-46/h9,23-48,54-67H,8,10-21H2,1-7H3/t23-,24-,25+,26-,27-,28-,29+,30-,31-,32+,33-,34+,35-,36-,37-,38+,39+,40-,41-,42-,43+,44-,45+,46+,47+,48+,50+,51+,52+,53-/m0/s1. The summed E-state index contributed by atoms with van der Waals surface area (Å²) in [5.74, 6) is 0.308. The molecule has 5 saturated carbocycles. The van der Waals surface area contributed by atoms with E-state index in [0.29, 0.717) is 25.7 Å². The minimum atomic E-state index is -1.94. The van der Waals surface area contributed by atoms with E-state index in [1.807, 2.05) is 0 Å². The summed E-state index contributed by atoms with van der Waals surface area (Å²) < 4.78 is 48.8. The molecule has 30 atom stereocenters. The SMILES string of the molecule is CC(C)=CCC[C@H](C)[C@H]1[C@H](O[C@H]2OC[C@H](O)[C@@H](O)[C@@H]2O)C[C@]2(C)[C@@H]3CC[C@@H]4C(C)(C)[C@H](O[C@H]5O[C@@H](CO)[C@H](O)[C@@H](O[C@H]6O[C@@H](CO)[C@H](O)[C@@H](O)[C@@H]6O[C@H]6O[C@@H](CO)[C@H](O)[C@@H](O)[C@@H]6O)[C@@H]5O)CC[C@@]45C[C@@]35[C@@H](O)C[C@]12C. The molecule has 22 nitrogen and oxygen atoms in total. The summed E-state index contributed by atoms with van der Waals surface area (Å²) in [7, 11) is 0. The molecule has 0 radical (unpaired) electrons. The zero-order valence-electron chi connectivity index (χ0n) is 44.3. The monoisotopic (exact) mass is 1080 g/mol. The van der Waals surface area contributed by atoms with Crippen molar-refractivity contribution in [3.05, 3.63) is 11.6 Å². The van der Waals surface area contributed by atoms with Crippen LogP contribution in [0.1, 0.15) is 106 Å². The zero-order chi connectivity index (χ0) is 54.6. The van der Waals surface area contributed by atoms with E-state index in [1.54, 1.807) is 0 Å². The lowest BCUT2D eigenvalue weighted by Gasteiger charge is -2.64. The molecule has 4 aliphatic heterocycles. The van der Waals surface area contributed by atoms with E-state index in [9.17, 15) is 71.5 Å². The molecule has 14 N–H and O–H groups in total. The van der Waals surface area contributed by atoms with E-state index < -0.39 is 160 Å². The molecule has 4 heterocycles. The molecule has 0 aromatic carbocycles. The fourth-order valence-electron chi connectivity index (χ4n) is 17.0. The lowest BCUT2D eigenvalue weighted by Crippen LogP contribution is -2.67. The van der Waals surface area contributed by atoms with E-state index >= 15 is 0 Å². The van der Waals surface area contributed by atoms with Gasteiger partial charge in [-0.25, -0.2) is 0 Å². The molecule has 0 amide bonds. The lowest BCUT2D eigenvalue weighted by atomic mass is 9.41. The molecule has 0 aromatic rings. The molecule has 0 bridgehead atoms. The van der Waals surface area contributed by atoms with Gasteiger partial charge in [-0.05, 0) is 117 Å². The minimum absolute atomic E-state index is 0.0258. The van der Waals surface area contributed by atoms with Crippen molar-refractivity contribution >= 4 is 0 Å². The van der Waals surface area contributed by atoms with Crippen LogP contribution in [0.4, 0.5) is 0 Å². The first-order valence-corrected chi connectivity index (χ1v) is 27.4. The van der Waals surface area contributed by atoms with Gasteiger partial charge in [0.2, 0.25) is 0 Å². The third kappa shape index (κ3) is 9.44. The van der Waals surface area contributed by atoms with Crippen LogP contribution < -0.4 is 0 Å². The summed E-state index contributed by atoms with van der Waals surface area (Å²) in [6.07, 6.45) is -23.7. The van der Waals surface area contributed by atoms with E-state index in [0.717, 1.165) is 32.1 Å². The molecule has 432 valence electrons. The number of rotatable bonds is 15. The fourth-order valence-corrected chi connectivity index (χ4v) is 17.0. The van der Waals surface area contributed by atoms with Gasteiger partial charge in [-0.15, -0.1) is 0 Å². The van der Waals surface area contributed by atoms with Crippen LogP contribution in [0, 0.1) is 50.7 Å². The molecular weight excluding hydrogens is 989 g/mol. The van der Waals surface area contributed by atoms with Gasteiger partial charge in [0.15, 0.2) is 25.2 Å². The van der Waals surface area contributed by atoms with Crippen molar-refractivity contribution in [1.82, 2.24) is 0 Å². The van der Waals surface area contributed by atoms with Gasteiger partial charge in [0.05, 0.1) is 44.7 Å². The first kappa shape index (κ1) is 58.5. The van der Waals surface area contributed by atoms with E-state index in [2.05, 4.69) is 54.5 Å². The van der Waals surface area contributed by atoms with Crippen LogP contribution in [0.5, 0.6) is 0 Å². The Morgan fingerprint density at radius 1 is 0.587 bits per heavy atom. The highest BCUT2D eigenvalue weighted by Crippen LogP contribution is 2.89. The molecule has 4 saturated heterocycles. The van der Waals surface area contributed by atoms with Gasteiger partial charge in [-0.3, -0.25) is 0 Å². The molecule has 9 rings (SSSR count). The van der Waals surface area contributed by atoms with Gasteiger partial charge in [-0.2, -0.15) is 0 Å². The van der Waals surface area contributed by atoms with Gasteiger partial charge < -0.3 is 109 Å². The minimum Gasteiger partial charge on any atom is -0.394 e. The highest BCUT2D eigenvalue weighted by Gasteiger charge is 2.86. The van der Waals surface area contributed by atoms with Crippen molar-refractivity contribution < 1.29 is 109 Å². The van der Waals surface area contributed by atoms with Crippen LogP contribution in [0.25, 0.3) is 0 Å². The maximum atomic E-state index is 12.9. The molecular formula is C53H88O22. The Kier molecular flexibility index (Phi) is 16.9. The largest absolute Gasteiger partial charge is 0.394 e. The van der Waals surface area contributed by atoms with Gasteiger partial charge in [0, 0.05) is 5.41 Å². The Morgan fingerprint density at radius 2 is 1.16 bits per heavy atom. The Labute approximate surface area is 438 Å². The fraction of sp³-hybridized carbons (Fsp3) is 0.962. The molecule has 0 aromatic heterocycles. The predicted molar refractivity (Wildman–Crippen MR) is 258 cm³/mol. The number of aliphatic hydroxyl groups excluding tert-OH is 14. The van der Waals surface area contributed by atoms with Crippen LogP contribution in [-0.2, 0) is 37.9 Å². The number of fused-ring (bicyclic) bond motifs is 2. The normalized spacial score (nSPS) is 54.7. The van der Waals surface area contributed by atoms with E-state index in [-0.39, 0.29) is 52.6 Å². The summed E-state index contributed by atoms with van der Waals surface area (Å²) in [6, 6.07) is 0. The number of aliphatic hydroxyl groups is 14. The summed E-state index contributed by atoms with van der Waals surface area (Å²) in [6.45, 7) is 12.8. The van der Waals surface area contributed by atoms with Gasteiger partial charge in [-0.1, -0.05) is 46.3 Å². The Balaban J connectivity index is 0.938. The van der Waals surface area contributed by atoms with E-state index in [1.165, 1.54) is 5.57 Å². The first-order chi connectivity index (χ1) is 35.3. The summed E-state index contributed by atoms with van der Waals surface area (Å²) in [4.78, 5) is 0. The Hall–Kier alpha value is -1.14. The predicted octanol–water partition coefficient (Wildman–Crippen LogP) is -1.95. The second-order valence-electron chi connectivity index (χ2n) is 25.4. The van der Waals surface area contributed by atoms with Crippen LogP contribution in [-0.4, -0.2) is 233 Å². The number of hydrogen-bond acceptors (Lipinski definition) is 22. The second kappa shape index (κ2) is 21.6. The highest BCUT2D eigenvalue weighted by atomic mass is 16.8. The number of hydrogen-bond donors (Lipinski definition) is 14. The maximum absolute atomic E-state index is 12.9. The highest BCUT2D eigenvalue weighted by molar-refractivity contribution is 5.34. The smallest absolute Gasteiger partial charge is 0.187 e. The number of ether oxygens (including phenoxy) is 8.